The second-order valence-electron chi connectivity index (χ2n) is 10.7. The first-order chi connectivity index (χ1) is 22.3. The highest BCUT2D eigenvalue weighted by molar-refractivity contribution is 5.98. The number of fused-ring (bicyclic) bond motifs is 1. The molecule has 3 aromatic heterocycles. The minimum atomic E-state index is -4.82. The van der Waals surface area contributed by atoms with E-state index in [9.17, 15) is 33.0 Å². The van der Waals surface area contributed by atoms with Gasteiger partial charge in [-0.05, 0) is 35.9 Å². The van der Waals surface area contributed by atoms with Crippen LogP contribution < -0.4 is 16.0 Å². The van der Waals surface area contributed by atoms with Crippen LogP contribution in [0.4, 0.5) is 29.2 Å². The Bertz CT molecular complexity index is 1980. The summed E-state index contributed by atoms with van der Waals surface area (Å²) >= 11 is 0. The number of carbonyl (C=O) groups is 2. The number of benzene rings is 2. The largest absolute Gasteiger partial charge is 0.507 e. The lowest BCUT2D eigenvalue weighted by Gasteiger charge is -2.40. The molecular formula is C29H24F4N8O6. The molecule has 1 fully saturated rings. The number of nitrogens with one attached hydrogen (secondary N) is 1. The molecule has 6 rings (SSSR count). The van der Waals surface area contributed by atoms with Crippen LogP contribution in [0.5, 0.6) is 5.75 Å². The summed E-state index contributed by atoms with van der Waals surface area (Å²) < 4.78 is 66.5. The number of ether oxygens (including phenoxy) is 1. The summed E-state index contributed by atoms with van der Waals surface area (Å²) in [6, 6.07) is 11.0. The summed E-state index contributed by atoms with van der Waals surface area (Å²) in [6.07, 6.45) is -5.15. The normalized spacial score (nSPS) is 16.7. The van der Waals surface area contributed by atoms with Crippen molar-refractivity contribution in [3.05, 3.63) is 83.6 Å². The van der Waals surface area contributed by atoms with E-state index in [1.807, 2.05) is 0 Å². The maximum absolute atomic E-state index is 15.2. The molecule has 0 spiro atoms. The first-order valence-corrected chi connectivity index (χ1v) is 13.8. The number of rotatable bonds is 8. The van der Waals surface area contributed by atoms with Crippen LogP contribution in [-0.2, 0) is 22.1 Å². The van der Waals surface area contributed by atoms with Gasteiger partial charge in [-0.25, -0.2) is 9.07 Å². The molecule has 0 aliphatic carbocycles. The average molecular weight is 657 g/mol. The van der Waals surface area contributed by atoms with Crippen LogP contribution in [0.15, 0.2) is 65.4 Å². The van der Waals surface area contributed by atoms with Crippen molar-refractivity contribution in [2.24, 2.45) is 0 Å². The lowest BCUT2D eigenvalue weighted by Crippen LogP contribution is -2.63. The smallest absolute Gasteiger partial charge is 0.435 e. The van der Waals surface area contributed by atoms with E-state index in [1.54, 1.807) is 12.1 Å². The number of hydrogen-bond donors (Lipinski definition) is 4. The van der Waals surface area contributed by atoms with Gasteiger partial charge in [0.15, 0.2) is 34.8 Å². The third-order valence-corrected chi connectivity index (χ3v) is 7.46. The maximum atomic E-state index is 15.2. The molecule has 2 amide bonds. The highest BCUT2D eigenvalue weighted by Gasteiger charge is 2.48. The predicted octanol–water partition coefficient (Wildman–Crippen LogP) is 2.38. The number of aliphatic hydroxyl groups is 1. The number of carbonyl (C=O) groups excluding carboxylic acids is 2. The van der Waals surface area contributed by atoms with E-state index in [2.05, 4.69) is 25.8 Å². The fourth-order valence-corrected chi connectivity index (χ4v) is 5.17. The van der Waals surface area contributed by atoms with E-state index < -0.39 is 53.6 Å². The topological polar surface area (TPSA) is 195 Å². The van der Waals surface area contributed by atoms with Gasteiger partial charge in [0, 0.05) is 6.42 Å². The zero-order valence-electron chi connectivity index (χ0n) is 24.0. The second kappa shape index (κ2) is 12.0. The Morgan fingerprint density at radius 3 is 2.72 bits per heavy atom. The fraction of sp³-hybridized carbons (Fsp3) is 0.241. The molecule has 0 saturated carbocycles. The molecule has 244 valence electrons. The molecule has 18 heteroatoms. The number of aromatic hydroxyl groups is 1. The molecule has 2 atom stereocenters. The van der Waals surface area contributed by atoms with Crippen LogP contribution >= 0.6 is 0 Å². The number of nitrogens with zero attached hydrogens (tertiary/aromatic N) is 6. The minimum absolute atomic E-state index is 0.0992. The highest BCUT2D eigenvalue weighted by Crippen LogP contribution is 2.32. The number of halogens is 4. The van der Waals surface area contributed by atoms with Crippen molar-refractivity contribution in [2.75, 3.05) is 30.3 Å². The summed E-state index contributed by atoms with van der Waals surface area (Å²) in [4.78, 5) is 27.7. The number of anilines is 2. The molecule has 2 aromatic carbocycles. The predicted molar refractivity (Wildman–Crippen MR) is 154 cm³/mol. The Morgan fingerprint density at radius 2 is 1.96 bits per heavy atom. The number of phenolic OH excluding ortho intramolecular Hbond substituents is 1. The van der Waals surface area contributed by atoms with Gasteiger partial charge in [-0.2, -0.15) is 18.3 Å². The molecule has 0 bridgehead atoms. The van der Waals surface area contributed by atoms with Crippen molar-refractivity contribution in [1.29, 1.82) is 0 Å². The van der Waals surface area contributed by atoms with E-state index in [-0.39, 0.29) is 48.0 Å². The second-order valence-corrected chi connectivity index (χ2v) is 10.7. The van der Waals surface area contributed by atoms with E-state index in [1.165, 1.54) is 30.3 Å². The molecule has 1 aliphatic rings. The van der Waals surface area contributed by atoms with Crippen LogP contribution in [-0.4, -0.2) is 78.6 Å². The Kier molecular flexibility index (Phi) is 7.98. The van der Waals surface area contributed by atoms with Crippen molar-refractivity contribution in [1.82, 2.24) is 30.5 Å². The Balaban J connectivity index is 1.31. The lowest BCUT2D eigenvalue weighted by molar-refractivity contribution is -0.157. The molecule has 5 N–H and O–H groups in total. The molecule has 47 heavy (non-hydrogen) atoms. The van der Waals surface area contributed by atoms with Crippen LogP contribution in [0.1, 0.15) is 21.6 Å². The molecule has 1 unspecified atom stereocenters. The van der Waals surface area contributed by atoms with Crippen molar-refractivity contribution in [3.63, 3.8) is 0 Å². The highest BCUT2D eigenvalue weighted by atomic mass is 19.4. The maximum Gasteiger partial charge on any atom is 0.435 e. The quantitative estimate of drug-likeness (QED) is 0.179. The first kappa shape index (κ1) is 31.4. The van der Waals surface area contributed by atoms with Gasteiger partial charge in [0.1, 0.15) is 11.4 Å². The Morgan fingerprint density at radius 1 is 1.17 bits per heavy atom. The fourth-order valence-electron chi connectivity index (χ4n) is 5.17. The van der Waals surface area contributed by atoms with E-state index in [4.69, 9.17) is 15.0 Å². The average Bonchev–Trinajstić information content (AvgIpc) is 3.61. The zero-order chi connectivity index (χ0) is 33.5. The standard InChI is InChI=1S/C29H24F4N8O6/c30-19-13-41(16-10-22(29(31,32)33)37-36-12-16)38-25(19)40-7-8-46-23(27(40)44)28(45,14-35-26(43)17-3-1-2-4-20(17)42)11-15-5-6-18-21(9-15)47-39-24(18)34/h1-6,9-10,12-13,23,42,45H,7-8,11,14H2,(H2,34,39)(H,35,43)/t23-,28?/m0/s1. The number of morpholine rings is 1. The van der Waals surface area contributed by atoms with Crippen LogP contribution in [0.25, 0.3) is 16.7 Å². The van der Waals surface area contributed by atoms with E-state index >= 15 is 4.39 Å². The third-order valence-electron chi connectivity index (χ3n) is 7.46. The van der Waals surface area contributed by atoms with Gasteiger partial charge in [0.25, 0.3) is 11.8 Å². The Labute approximate surface area is 261 Å². The summed E-state index contributed by atoms with van der Waals surface area (Å²) in [6.45, 7) is -1.03. The summed E-state index contributed by atoms with van der Waals surface area (Å²) in [7, 11) is 0. The SMILES string of the molecule is Nc1noc2cc(CC(O)(CNC(=O)c3ccccc3O)[C@H]3OCCN(c4nn(-c5cnnc(C(F)(F)F)c5)cc4F)C3=O)ccc12. The number of amides is 2. The molecule has 14 nitrogen and oxygen atoms in total. The number of alkyl halides is 3. The van der Waals surface area contributed by atoms with Gasteiger partial charge < -0.3 is 30.5 Å². The van der Waals surface area contributed by atoms with Crippen molar-refractivity contribution >= 4 is 34.4 Å². The molecule has 1 aliphatic heterocycles. The lowest BCUT2D eigenvalue weighted by atomic mass is 9.86. The summed E-state index contributed by atoms with van der Waals surface area (Å²) in [5.74, 6) is -3.52. The number of aromatic nitrogens is 5. The monoisotopic (exact) mass is 656 g/mol. The summed E-state index contributed by atoms with van der Waals surface area (Å²) in [5, 5.41) is 39.2. The van der Waals surface area contributed by atoms with Gasteiger partial charge in [0.2, 0.25) is 0 Å². The van der Waals surface area contributed by atoms with Gasteiger partial charge >= 0.3 is 6.18 Å². The number of nitrogens with two attached hydrogens (primary N) is 1. The molecule has 1 saturated heterocycles. The minimum Gasteiger partial charge on any atom is -0.507 e. The van der Waals surface area contributed by atoms with Crippen LogP contribution in [0, 0.1) is 5.82 Å². The van der Waals surface area contributed by atoms with Gasteiger partial charge in [0.05, 0.1) is 48.7 Å². The van der Waals surface area contributed by atoms with E-state index in [0.29, 0.717) is 17.0 Å². The number of para-hydroxylation sites is 1. The molecule has 0 radical (unpaired) electrons. The zero-order valence-corrected chi connectivity index (χ0v) is 24.0. The molecule has 5 aromatic rings. The van der Waals surface area contributed by atoms with E-state index in [0.717, 1.165) is 22.0 Å². The number of hydrogen-bond acceptors (Lipinski definition) is 11. The molecule has 4 heterocycles. The van der Waals surface area contributed by atoms with Gasteiger partial charge in [-0.3, -0.25) is 14.5 Å². The van der Waals surface area contributed by atoms with Crippen LogP contribution in [0.2, 0.25) is 0 Å². The number of nitrogen functional groups attached to an aromatic ring is 1. The Hall–Kier alpha value is -5.62. The molecular weight excluding hydrogens is 632 g/mol. The van der Waals surface area contributed by atoms with Gasteiger partial charge in [-0.1, -0.05) is 23.4 Å². The van der Waals surface area contributed by atoms with Crippen molar-refractivity contribution < 1.29 is 46.6 Å². The summed E-state index contributed by atoms with van der Waals surface area (Å²) in [5.41, 5.74) is 2.60. The third kappa shape index (κ3) is 6.15. The van der Waals surface area contributed by atoms with Gasteiger partial charge in [-0.15, -0.1) is 10.2 Å². The number of phenols is 1. The van der Waals surface area contributed by atoms with Crippen LogP contribution in [0.3, 0.4) is 0 Å². The van der Waals surface area contributed by atoms with Crippen molar-refractivity contribution in [2.45, 2.75) is 24.3 Å². The first-order valence-electron chi connectivity index (χ1n) is 13.8. The van der Waals surface area contributed by atoms with Crippen molar-refractivity contribution in [3.8, 4) is 11.4 Å².